The van der Waals surface area contributed by atoms with Crippen LogP contribution in [0.15, 0.2) is 84.9 Å². The molecule has 0 spiro atoms. The molecule has 268 valence electrons. The molecule has 50 heavy (non-hydrogen) atoms. The molecule has 3 rings (SSSR count). The SMILES string of the molecule is C#CCC(CP(=O)(O)C(Cc1ccccc1)NC(=O)OCc1ccccc1)C(=O)N[C@@H](Cc1ccc(OC(C)(C)C)cc1)C(=O)OC(C)(C)C. The molecule has 0 aromatic heterocycles. The van der Waals surface area contributed by atoms with Gasteiger partial charge in [-0.2, -0.15) is 0 Å². The fourth-order valence-corrected chi connectivity index (χ4v) is 6.98. The van der Waals surface area contributed by atoms with E-state index in [0.29, 0.717) is 11.3 Å². The zero-order valence-corrected chi connectivity index (χ0v) is 30.6. The van der Waals surface area contributed by atoms with Gasteiger partial charge in [-0.05, 0) is 70.4 Å². The Morgan fingerprint density at radius 2 is 1.36 bits per heavy atom. The van der Waals surface area contributed by atoms with Gasteiger partial charge >= 0.3 is 12.1 Å². The van der Waals surface area contributed by atoms with Crippen LogP contribution in [0, 0.1) is 18.3 Å². The van der Waals surface area contributed by atoms with Crippen LogP contribution in [0.4, 0.5) is 4.79 Å². The predicted octanol–water partition coefficient (Wildman–Crippen LogP) is 6.64. The van der Waals surface area contributed by atoms with E-state index in [4.69, 9.17) is 20.6 Å². The molecule has 0 bridgehead atoms. The Balaban J connectivity index is 1.82. The molecule has 0 aliphatic rings. The molecular formula is C39H49N2O8P. The minimum Gasteiger partial charge on any atom is -0.488 e. The first kappa shape index (κ1) is 39.9. The zero-order valence-electron chi connectivity index (χ0n) is 29.7. The largest absolute Gasteiger partial charge is 0.488 e. The molecule has 3 N–H and O–H groups in total. The maximum Gasteiger partial charge on any atom is 0.408 e. The summed E-state index contributed by atoms with van der Waals surface area (Å²) in [6, 6.07) is 23.9. The summed E-state index contributed by atoms with van der Waals surface area (Å²) in [4.78, 5) is 51.5. The maximum atomic E-state index is 14.1. The fourth-order valence-electron chi connectivity index (χ4n) is 5.00. The molecule has 0 aliphatic carbocycles. The third-order valence-electron chi connectivity index (χ3n) is 7.27. The molecule has 3 aromatic carbocycles. The van der Waals surface area contributed by atoms with Crippen LogP contribution in [-0.2, 0) is 43.1 Å². The van der Waals surface area contributed by atoms with Crippen LogP contribution >= 0.6 is 7.37 Å². The van der Waals surface area contributed by atoms with Crippen molar-refractivity contribution in [2.45, 2.75) is 90.4 Å². The molecule has 11 heteroatoms. The lowest BCUT2D eigenvalue weighted by molar-refractivity contribution is -0.158. The van der Waals surface area contributed by atoms with Gasteiger partial charge in [0, 0.05) is 25.4 Å². The van der Waals surface area contributed by atoms with E-state index in [9.17, 15) is 23.8 Å². The van der Waals surface area contributed by atoms with E-state index >= 15 is 0 Å². The van der Waals surface area contributed by atoms with Crippen molar-refractivity contribution in [3.05, 3.63) is 102 Å². The molecule has 0 heterocycles. The van der Waals surface area contributed by atoms with Gasteiger partial charge in [0.1, 0.15) is 35.4 Å². The van der Waals surface area contributed by atoms with Crippen LogP contribution in [0.25, 0.3) is 0 Å². The highest BCUT2D eigenvalue weighted by molar-refractivity contribution is 7.58. The van der Waals surface area contributed by atoms with Crippen LogP contribution in [-0.4, -0.2) is 52.1 Å². The van der Waals surface area contributed by atoms with Gasteiger partial charge in [-0.15, -0.1) is 12.3 Å². The lowest BCUT2D eigenvalue weighted by atomic mass is 10.0. The number of nitrogens with one attached hydrogen (secondary N) is 2. The number of benzene rings is 3. The van der Waals surface area contributed by atoms with Gasteiger partial charge in [0.2, 0.25) is 13.3 Å². The van der Waals surface area contributed by atoms with E-state index in [1.165, 1.54) is 0 Å². The number of terminal acetylenes is 1. The smallest absolute Gasteiger partial charge is 0.408 e. The number of esters is 1. The van der Waals surface area contributed by atoms with Crippen molar-refractivity contribution in [3.63, 3.8) is 0 Å². The lowest BCUT2D eigenvalue weighted by Gasteiger charge is -2.28. The molecule has 3 aromatic rings. The first-order chi connectivity index (χ1) is 23.4. The van der Waals surface area contributed by atoms with Crippen molar-refractivity contribution in [1.82, 2.24) is 10.6 Å². The highest BCUT2D eigenvalue weighted by Crippen LogP contribution is 2.48. The minimum atomic E-state index is -4.35. The van der Waals surface area contributed by atoms with Gasteiger partial charge in [0.05, 0.1) is 5.92 Å². The number of hydrogen-bond donors (Lipinski definition) is 3. The van der Waals surface area contributed by atoms with Crippen molar-refractivity contribution in [3.8, 4) is 18.1 Å². The van der Waals surface area contributed by atoms with Crippen molar-refractivity contribution >= 4 is 25.3 Å². The first-order valence-corrected chi connectivity index (χ1v) is 18.4. The third kappa shape index (κ3) is 14.1. The lowest BCUT2D eigenvalue weighted by Crippen LogP contribution is -2.48. The molecular weight excluding hydrogens is 655 g/mol. The first-order valence-electron chi connectivity index (χ1n) is 16.5. The summed E-state index contributed by atoms with van der Waals surface area (Å²) in [6.45, 7) is 10.9. The average molecular weight is 705 g/mol. The van der Waals surface area contributed by atoms with Crippen molar-refractivity contribution in [2.75, 3.05) is 6.16 Å². The van der Waals surface area contributed by atoms with Crippen LogP contribution in [0.1, 0.15) is 64.7 Å². The van der Waals surface area contributed by atoms with Crippen LogP contribution in [0.5, 0.6) is 5.75 Å². The van der Waals surface area contributed by atoms with E-state index in [2.05, 4.69) is 16.6 Å². The van der Waals surface area contributed by atoms with E-state index < -0.39 is 60.4 Å². The Hall–Kier alpha value is -4.58. The Bertz CT molecular complexity index is 1640. The highest BCUT2D eigenvalue weighted by atomic mass is 31.2. The van der Waals surface area contributed by atoms with E-state index in [1.54, 1.807) is 99.6 Å². The normalized spacial score (nSPS) is 14.5. The van der Waals surface area contributed by atoms with Crippen molar-refractivity contribution in [2.24, 2.45) is 5.92 Å². The average Bonchev–Trinajstić information content (AvgIpc) is 3.03. The predicted molar refractivity (Wildman–Crippen MR) is 194 cm³/mol. The Morgan fingerprint density at radius 1 is 0.800 bits per heavy atom. The van der Waals surface area contributed by atoms with E-state index in [-0.39, 0.29) is 25.9 Å². The standard InChI is InChI=1S/C39H49N2O8P/c1-8-15-31(35(42)40-33(36(43)49-39(5,6)7)24-29-20-22-32(23-21-29)48-38(2,3)4)27-50(45,46)34(25-28-16-11-9-12-17-28)41-37(44)47-26-30-18-13-10-14-19-30/h1,9-14,16-23,31,33-34H,15,24-27H2,2-7H3,(H,40,42)(H,41,44)(H,45,46)/t31?,33-,34?/m0/s1. The molecule has 3 unspecified atom stereocenters. The molecule has 0 saturated heterocycles. The second-order valence-electron chi connectivity index (χ2n) is 14.1. The van der Waals surface area contributed by atoms with E-state index in [0.717, 1.165) is 11.1 Å². The second-order valence-corrected chi connectivity index (χ2v) is 16.6. The topological polar surface area (TPSA) is 140 Å². The molecule has 4 atom stereocenters. The molecule has 0 radical (unpaired) electrons. The van der Waals surface area contributed by atoms with Gasteiger partial charge in [-0.3, -0.25) is 9.36 Å². The number of ether oxygens (including phenoxy) is 3. The Kier molecular flexibility index (Phi) is 14.3. The Morgan fingerprint density at radius 3 is 1.90 bits per heavy atom. The number of rotatable bonds is 15. The number of alkyl carbamates (subject to hydrolysis) is 1. The van der Waals surface area contributed by atoms with Gasteiger partial charge in [0.15, 0.2) is 0 Å². The summed E-state index contributed by atoms with van der Waals surface area (Å²) in [5.41, 5.74) is 0.926. The van der Waals surface area contributed by atoms with Gasteiger partial charge < -0.3 is 29.7 Å². The van der Waals surface area contributed by atoms with Gasteiger partial charge in [-0.25, -0.2) is 9.59 Å². The maximum absolute atomic E-state index is 14.1. The minimum absolute atomic E-state index is 0.00506. The summed E-state index contributed by atoms with van der Waals surface area (Å²) in [6.07, 6.45) is 4.07. The summed E-state index contributed by atoms with van der Waals surface area (Å²) < 4.78 is 30.9. The van der Waals surface area contributed by atoms with Crippen molar-refractivity contribution in [1.29, 1.82) is 0 Å². The number of amides is 2. The Labute approximate surface area is 295 Å². The summed E-state index contributed by atoms with van der Waals surface area (Å²) >= 11 is 0. The monoisotopic (exact) mass is 704 g/mol. The van der Waals surface area contributed by atoms with Crippen LogP contribution in [0.2, 0.25) is 0 Å². The zero-order chi connectivity index (χ0) is 37.0. The number of hydrogen-bond acceptors (Lipinski definition) is 7. The molecule has 0 fully saturated rings. The molecule has 0 aliphatic heterocycles. The quantitative estimate of drug-likeness (QED) is 0.0910. The third-order valence-corrected chi connectivity index (χ3v) is 9.52. The van der Waals surface area contributed by atoms with Crippen LogP contribution < -0.4 is 15.4 Å². The second kappa shape index (κ2) is 17.9. The number of carbonyl (C=O) groups is 3. The molecule has 10 nitrogen and oxygen atoms in total. The summed E-state index contributed by atoms with van der Waals surface area (Å²) in [5, 5.41) is 5.29. The van der Waals surface area contributed by atoms with Crippen LogP contribution in [0.3, 0.4) is 0 Å². The number of carbonyl (C=O) groups excluding carboxylic acids is 3. The fraction of sp³-hybridized carbons (Fsp3) is 0.410. The summed E-state index contributed by atoms with van der Waals surface area (Å²) in [7, 11) is -4.35. The van der Waals surface area contributed by atoms with Crippen molar-refractivity contribution < 1.29 is 38.1 Å². The van der Waals surface area contributed by atoms with Gasteiger partial charge in [-0.1, -0.05) is 72.8 Å². The highest BCUT2D eigenvalue weighted by Gasteiger charge is 2.38. The summed E-state index contributed by atoms with van der Waals surface area (Å²) in [5.74, 6) is -0.749. The molecule has 2 amide bonds. The van der Waals surface area contributed by atoms with Gasteiger partial charge in [0.25, 0.3) is 0 Å². The molecule has 0 saturated carbocycles. The van der Waals surface area contributed by atoms with E-state index in [1.807, 2.05) is 26.8 Å².